The molecule has 2 aliphatic rings. The van der Waals surface area contributed by atoms with Crippen LogP contribution >= 0.6 is 0 Å². The molecule has 0 saturated heterocycles. The van der Waals surface area contributed by atoms with E-state index in [9.17, 15) is 15.3 Å². The number of aliphatic hydroxyl groups excluding tert-OH is 3. The first-order valence-corrected chi connectivity index (χ1v) is 15.9. The second kappa shape index (κ2) is 14.4. The van der Waals surface area contributed by atoms with Gasteiger partial charge in [-0.1, -0.05) is 12.1 Å². The van der Waals surface area contributed by atoms with Gasteiger partial charge in [0.25, 0.3) is 0 Å². The Balaban J connectivity index is 1.61. The van der Waals surface area contributed by atoms with E-state index >= 15 is 4.79 Å². The van der Waals surface area contributed by atoms with Gasteiger partial charge in [0, 0.05) is 17.5 Å². The Bertz CT molecular complexity index is 1900. The topological polar surface area (TPSA) is 152 Å². The number of hydrogen-bond donors (Lipinski definition) is 3. The predicted octanol–water partition coefficient (Wildman–Crippen LogP) is 4.86. The van der Waals surface area contributed by atoms with Crippen LogP contribution in [0.25, 0.3) is 0 Å². The fourth-order valence-corrected chi connectivity index (χ4v) is 6.87. The zero-order valence-electron chi connectivity index (χ0n) is 28.6. The molecule has 12 heteroatoms. The van der Waals surface area contributed by atoms with E-state index in [0.717, 1.165) is 0 Å². The molecule has 2 heterocycles. The van der Waals surface area contributed by atoms with Crippen molar-refractivity contribution in [1.29, 1.82) is 0 Å². The highest BCUT2D eigenvalue weighted by molar-refractivity contribution is 6.07. The van der Waals surface area contributed by atoms with Gasteiger partial charge < -0.3 is 53.2 Å². The Morgan fingerprint density at radius 3 is 1.78 bits per heavy atom. The SMILES string of the molecule is COc1ccc([C@H]2Oc3cc(CO)cc(OC)c3C(=O)[C@@H]2c2c(CO)cc(OC)c3c2O[C@H](c2ccc(OC)c(OC)c2)[C@@H](O)C3)cc1OC. The fourth-order valence-electron chi connectivity index (χ4n) is 6.87. The van der Waals surface area contributed by atoms with Crippen molar-refractivity contribution in [3.63, 3.8) is 0 Å². The van der Waals surface area contributed by atoms with Gasteiger partial charge in [-0.3, -0.25) is 4.79 Å². The number of ketones is 1. The molecular weight excluding hydrogens is 648 g/mol. The third-order valence-corrected chi connectivity index (χ3v) is 9.26. The Morgan fingerprint density at radius 2 is 1.24 bits per heavy atom. The monoisotopic (exact) mass is 688 g/mol. The Kier molecular flexibility index (Phi) is 9.96. The van der Waals surface area contributed by atoms with Crippen molar-refractivity contribution in [2.75, 3.05) is 42.7 Å². The molecule has 0 radical (unpaired) electrons. The molecule has 4 aromatic carbocycles. The Hall–Kier alpha value is -5.17. The lowest BCUT2D eigenvalue weighted by Gasteiger charge is -2.39. The summed E-state index contributed by atoms with van der Waals surface area (Å²) in [7, 11) is 9.01. The van der Waals surface area contributed by atoms with Crippen molar-refractivity contribution in [3.05, 3.63) is 93.5 Å². The van der Waals surface area contributed by atoms with Crippen molar-refractivity contribution in [2.45, 2.75) is 43.9 Å². The van der Waals surface area contributed by atoms with E-state index in [4.69, 9.17) is 37.9 Å². The minimum Gasteiger partial charge on any atom is -0.496 e. The van der Waals surface area contributed by atoms with Gasteiger partial charge in [0.2, 0.25) is 0 Å². The molecule has 0 amide bonds. The molecule has 4 aromatic rings. The summed E-state index contributed by atoms with van der Waals surface area (Å²) in [6.45, 7) is -0.776. The van der Waals surface area contributed by atoms with Gasteiger partial charge in [-0.15, -0.1) is 0 Å². The van der Waals surface area contributed by atoms with Crippen LogP contribution in [0.5, 0.6) is 46.0 Å². The van der Waals surface area contributed by atoms with E-state index in [1.54, 1.807) is 54.6 Å². The zero-order chi connectivity index (χ0) is 35.7. The average molecular weight is 689 g/mol. The third kappa shape index (κ3) is 5.89. The van der Waals surface area contributed by atoms with Crippen LogP contribution < -0.4 is 37.9 Å². The Morgan fingerprint density at radius 1 is 0.660 bits per heavy atom. The number of Topliss-reactive ketones (excluding diaryl/α,β-unsaturated/α-hetero) is 1. The lowest BCUT2D eigenvalue weighted by Crippen LogP contribution is -2.35. The molecule has 3 N–H and O–H groups in total. The van der Waals surface area contributed by atoms with E-state index in [-0.39, 0.29) is 41.6 Å². The number of methoxy groups -OCH3 is 6. The molecule has 0 spiro atoms. The Labute approximate surface area is 289 Å². The number of carbonyl (C=O) groups is 1. The second-order valence-electron chi connectivity index (χ2n) is 11.9. The molecule has 0 saturated carbocycles. The molecule has 0 unspecified atom stereocenters. The lowest BCUT2D eigenvalue weighted by molar-refractivity contribution is 0.0178. The molecular formula is C38H40O12. The standard InChI is InChI=1S/C38H40O12/c1-43-25-9-7-20(13-28(25)46-4)36-24(41)16-23-27(45-3)15-22(18-40)32(38(23)50-36)34-35(42)33-30(48-6)11-19(17-39)12-31(33)49-37(34)21-8-10-26(44-2)29(14-21)47-5/h7-15,24,34,36-37,39-41H,16-18H2,1-6H3/t24-,34-,36+,37+/m0/s1. The summed E-state index contributed by atoms with van der Waals surface area (Å²) in [6.07, 6.45) is -2.78. The summed E-state index contributed by atoms with van der Waals surface area (Å²) in [4.78, 5) is 15.0. The highest BCUT2D eigenvalue weighted by Crippen LogP contribution is 2.54. The van der Waals surface area contributed by atoms with Gasteiger partial charge in [0.15, 0.2) is 28.8 Å². The first kappa shape index (κ1) is 34.7. The van der Waals surface area contributed by atoms with Crippen LogP contribution in [0.15, 0.2) is 54.6 Å². The number of ether oxygens (including phenoxy) is 8. The van der Waals surface area contributed by atoms with Crippen LogP contribution in [-0.2, 0) is 19.6 Å². The van der Waals surface area contributed by atoms with Gasteiger partial charge >= 0.3 is 0 Å². The molecule has 0 aliphatic carbocycles. The van der Waals surface area contributed by atoms with E-state index < -0.39 is 30.8 Å². The summed E-state index contributed by atoms with van der Waals surface area (Å²) in [5.74, 6) is 1.49. The van der Waals surface area contributed by atoms with E-state index in [0.29, 0.717) is 62.1 Å². The molecule has 0 fully saturated rings. The second-order valence-corrected chi connectivity index (χ2v) is 11.9. The summed E-state index contributed by atoms with van der Waals surface area (Å²) >= 11 is 0. The van der Waals surface area contributed by atoms with Gasteiger partial charge in [-0.2, -0.15) is 0 Å². The number of carbonyl (C=O) groups excluding carboxylic acids is 1. The van der Waals surface area contributed by atoms with Crippen molar-refractivity contribution >= 4 is 5.78 Å². The number of rotatable bonds is 11. The van der Waals surface area contributed by atoms with E-state index in [1.807, 2.05) is 0 Å². The highest BCUT2D eigenvalue weighted by atomic mass is 16.5. The maximum absolute atomic E-state index is 15.0. The normalized spacial score (nSPS) is 19.3. The minimum absolute atomic E-state index is 0.110. The first-order chi connectivity index (χ1) is 24.2. The average Bonchev–Trinajstić information content (AvgIpc) is 3.15. The number of benzene rings is 4. The summed E-state index contributed by atoms with van der Waals surface area (Å²) in [5, 5.41) is 32.3. The molecule has 4 atom stereocenters. The largest absolute Gasteiger partial charge is 0.496 e. The summed E-state index contributed by atoms with van der Waals surface area (Å²) in [6, 6.07) is 15.3. The van der Waals surface area contributed by atoms with Gasteiger partial charge in [0.05, 0.1) is 67.9 Å². The molecule has 12 nitrogen and oxygen atoms in total. The van der Waals surface area contributed by atoms with Crippen molar-refractivity contribution in [3.8, 4) is 46.0 Å². The number of aliphatic hydroxyl groups is 3. The first-order valence-electron chi connectivity index (χ1n) is 15.9. The van der Waals surface area contributed by atoms with E-state index in [1.165, 1.54) is 42.7 Å². The van der Waals surface area contributed by atoms with Gasteiger partial charge in [-0.25, -0.2) is 0 Å². The molecule has 6 rings (SSSR count). The summed E-state index contributed by atoms with van der Waals surface area (Å²) in [5.41, 5.74) is 3.09. The van der Waals surface area contributed by atoms with E-state index in [2.05, 4.69) is 0 Å². The molecule has 0 aromatic heterocycles. The van der Waals surface area contributed by atoms with Crippen LogP contribution in [0.2, 0.25) is 0 Å². The van der Waals surface area contributed by atoms with Gasteiger partial charge in [0.1, 0.15) is 40.8 Å². The molecule has 0 bridgehead atoms. The van der Waals surface area contributed by atoms with Crippen LogP contribution in [0.1, 0.15) is 61.9 Å². The zero-order valence-corrected chi connectivity index (χ0v) is 28.6. The molecule has 2 aliphatic heterocycles. The predicted molar refractivity (Wildman–Crippen MR) is 180 cm³/mol. The fraction of sp³-hybridized carbons (Fsp3) is 0.342. The molecule has 264 valence electrons. The highest BCUT2D eigenvalue weighted by Gasteiger charge is 2.46. The van der Waals surface area contributed by atoms with Crippen LogP contribution in [0.3, 0.4) is 0 Å². The summed E-state index contributed by atoms with van der Waals surface area (Å²) < 4.78 is 46.8. The van der Waals surface area contributed by atoms with Crippen molar-refractivity contribution in [1.82, 2.24) is 0 Å². The number of fused-ring (bicyclic) bond motifs is 2. The third-order valence-electron chi connectivity index (χ3n) is 9.26. The maximum Gasteiger partial charge on any atom is 0.182 e. The number of hydrogen-bond acceptors (Lipinski definition) is 12. The van der Waals surface area contributed by atoms with Crippen molar-refractivity contribution in [2.24, 2.45) is 0 Å². The van der Waals surface area contributed by atoms with Crippen LogP contribution in [-0.4, -0.2) is 69.9 Å². The smallest absolute Gasteiger partial charge is 0.182 e. The van der Waals surface area contributed by atoms with Crippen LogP contribution in [0, 0.1) is 0 Å². The minimum atomic E-state index is -1.10. The lowest BCUT2D eigenvalue weighted by atomic mass is 9.76. The van der Waals surface area contributed by atoms with Gasteiger partial charge in [-0.05, 0) is 64.7 Å². The molecule has 50 heavy (non-hydrogen) atoms. The maximum atomic E-state index is 15.0. The van der Waals surface area contributed by atoms with Crippen molar-refractivity contribution < 1.29 is 58.0 Å². The van der Waals surface area contributed by atoms with Crippen LogP contribution in [0.4, 0.5) is 0 Å². The quantitative estimate of drug-likeness (QED) is 0.197.